The van der Waals surface area contributed by atoms with Crippen molar-refractivity contribution in [1.29, 1.82) is 0 Å². The molecule has 0 spiro atoms. The van der Waals surface area contributed by atoms with Gasteiger partial charge in [-0.3, -0.25) is 0 Å². The zero-order valence-electron chi connectivity index (χ0n) is 20.7. The molecule has 0 bridgehead atoms. The zero-order chi connectivity index (χ0) is 21.7. The number of allylic oxidation sites excluding steroid dienone is 3. The van der Waals surface area contributed by atoms with Gasteiger partial charge >= 0.3 is 0 Å². The van der Waals surface area contributed by atoms with Crippen molar-refractivity contribution in [2.75, 3.05) is 0 Å². The maximum atomic E-state index is 10.2. The van der Waals surface area contributed by atoms with Crippen LogP contribution in [0.1, 0.15) is 106 Å². The fraction of sp³-hybridized carbons (Fsp3) is 0.862. The molecule has 3 fully saturated rings. The van der Waals surface area contributed by atoms with Crippen LogP contribution >= 0.6 is 0 Å². The Labute approximate surface area is 186 Å². The molecule has 0 unspecified atom stereocenters. The fourth-order valence-electron chi connectivity index (χ4n) is 8.98. The van der Waals surface area contributed by atoms with Gasteiger partial charge in [0, 0.05) is 0 Å². The summed E-state index contributed by atoms with van der Waals surface area (Å²) in [5.41, 5.74) is 4.21. The van der Waals surface area contributed by atoms with Gasteiger partial charge in [0.15, 0.2) is 0 Å². The summed E-state index contributed by atoms with van der Waals surface area (Å²) in [5, 5.41) is 10.2. The molecule has 1 N–H and O–H groups in total. The topological polar surface area (TPSA) is 20.2 Å². The molecule has 0 aliphatic heterocycles. The second kappa shape index (κ2) is 8.42. The Morgan fingerprint density at radius 1 is 1.10 bits per heavy atom. The highest BCUT2D eigenvalue weighted by atomic mass is 16.3. The van der Waals surface area contributed by atoms with E-state index >= 15 is 0 Å². The molecule has 0 aromatic rings. The Morgan fingerprint density at radius 2 is 1.87 bits per heavy atom. The second-order valence-corrected chi connectivity index (χ2v) is 12.4. The number of aliphatic hydroxyl groups excluding tert-OH is 1. The Kier molecular flexibility index (Phi) is 6.35. The number of hydrogen-bond donors (Lipinski definition) is 1. The SMILES string of the molecule is C/C=C(/CC[C@@H](C)[C@H]1CC[C@H]2[C@@H]3CC=C4C[C@@H](O)CC[C@]4(C)[C@H]3CC[C@@]12C)C(C)C. The summed E-state index contributed by atoms with van der Waals surface area (Å²) in [7, 11) is 0. The van der Waals surface area contributed by atoms with Crippen LogP contribution < -0.4 is 0 Å². The summed E-state index contributed by atoms with van der Waals surface area (Å²) in [6.45, 7) is 14.7. The van der Waals surface area contributed by atoms with Crippen LogP contribution in [0.2, 0.25) is 0 Å². The molecule has 30 heavy (non-hydrogen) atoms. The molecule has 1 nitrogen and oxygen atoms in total. The average molecular weight is 413 g/mol. The van der Waals surface area contributed by atoms with E-state index in [1.54, 1.807) is 11.1 Å². The van der Waals surface area contributed by atoms with Gasteiger partial charge in [-0.05, 0) is 117 Å². The third-order valence-corrected chi connectivity index (χ3v) is 10.8. The van der Waals surface area contributed by atoms with Crippen LogP contribution in [0.3, 0.4) is 0 Å². The molecular formula is C29H48O. The molecule has 0 saturated heterocycles. The first-order valence-electron chi connectivity index (χ1n) is 13.2. The molecule has 1 heteroatoms. The van der Waals surface area contributed by atoms with E-state index in [1.165, 1.54) is 51.4 Å². The largest absolute Gasteiger partial charge is 0.393 e. The highest BCUT2D eigenvalue weighted by Crippen LogP contribution is 2.67. The Morgan fingerprint density at radius 3 is 2.57 bits per heavy atom. The molecule has 0 aromatic carbocycles. The summed E-state index contributed by atoms with van der Waals surface area (Å²) >= 11 is 0. The lowest BCUT2D eigenvalue weighted by Crippen LogP contribution is -2.50. The first kappa shape index (κ1) is 22.6. The summed E-state index contributed by atoms with van der Waals surface area (Å²) < 4.78 is 0. The Bertz CT molecular complexity index is 686. The maximum absolute atomic E-state index is 10.2. The average Bonchev–Trinajstić information content (AvgIpc) is 3.06. The van der Waals surface area contributed by atoms with E-state index in [0.29, 0.717) is 16.7 Å². The highest BCUT2D eigenvalue weighted by Gasteiger charge is 2.59. The van der Waals surface area contributed by atoms with Crippen molar-refractivity contribution in [3.63, 3.8) is 0 Å². The summed E-state index contributed by atoms with van der Waals surface area (Å²) in [6.07, 6.45) is 17.8. The van der Waals surface area contributed by atoms with E-state index in [-0.39, 0.29) is 6.10 Å². The molecule has 8 atom stereocenters. The number of rotatable bonds is 5. The first-order valence-corrected chi connectivity index (χ1v) is 13.2. The smallest absolute Gasteiger partial charge is 0.0577 e. The predicted molar refractivity (Wildman–Crippen MR) is 128 cm³/mol. The van der Waals surface area contributed by atoms with Crippen LogP contribution in [0.5, 0.6) is 0 Å². The van der Waals surface area contributed by atoms with Crippen LogP contribution in [0, 0.1) is 46.3 Å². The van der Waals surface area contributed by atoms with Crippen molar-refractivity contribution in [2.45, 2.75) is 112 Å². The standard InChI is InChI=1S/C29H48O/c1-7-21(19(2)3)9-8-20(4)25-12-13-26-24-11-10-22-18-23(30)14-16-28(22,5)27(24)15-17-29(25,26)6/h7,10,19-20,23-27,30H,8-9,11-18H2,1-6H3/b21-7-/t20-,23+,24+,25-,26+,27+,28+,29+/m1/s1. The number of hydrogen-bond acceptors (Lipinski definition) is 1. The maximum Gasteiger partial charge on any atom is 0.0577 e. The Balaban J connectivity index is 1.49. The lowest BCUT2D eigenvalue weighted by molar-refractivity contribution is -0.0571. The van der Waals surface area contributed by atoms with Crippen LogP contribution in [0.25, 0.3) is 0 Å². The molecule has 0 amide bonds. The van der Waals surface area contributed by atoms with Crippen molar-refractivity contribution < 1.29 is 5.11 Å². The van der Waals surface area contributed by atoms with E-state index in [0.717, 1.165) is 42.4 Å². The monoisotopic (exact) mass is 412 g/mol. The predicted octanol–water partition coefficient (Wildman–Crippen LogP) is 7.94. The first-order chi connectivity index (χ1) is 14.2. The van der Waals surface area contributed by atoms with Crippen molar-refractivity contribution in [1.82, 2.24) is 0 Å². The van der Waals surface area contributed by atoms with Crippen LogP contribution in [-0.4, -0.2) is 11.2 Å². The quantitative estimate of drug-likeness (QED) is 0.454. The molecule has 170 valence electrons. The van der Waals surface area contributed by atoms with E-state index in [9.17, 15) is 5.11 Å². The van der Waals surface area contributed by atoms with Gasteiger partial charge in [0.2, 0.25) is 0 Å². The molecular weight excluding hydrogens is 364 g/mol. The van der Waals surface area contributed by atoms with Crippen molar-refractivity contribution in [3.8, 4) is 0 Å². The zero-order valence-corrected chi connectivity index (χ0v) is 20.7. The highest BCUT2D eigenvalue weighted by molar-refractivity contribution is 5.25. The van der Waals surface area contributed by atoms with Crippen LogP contribution in [0.4, 0.5) is 0 Å². The molecule has 0 aromatic heterocycles. The van der Waals surface area contributed by atoms with Gasteiger partial charge in [-0.15, -0.1) is 0 Å². The van der Waals surface area contributed by atoms with E-state index in [1.807, 2.05) is 0 Å². The van der Waals surface area contributed by atoms with Crippen LogP contribution in [-0.2, 0) is 0 Å². The van der Waals surface area contributed by atoms with Gasteiger partial charge in [0.1, 0.15) is 0 Å². The van der Waals surface area contributed by atoms with E-state index < -0.39 is 0 Å². The van der Waals surface area contributed by atoms with Crippen molar-refractivity contribution >= 4 is 0 Å². The number of aliphatic hydroxyl groups is 1. The van der Waals surface area contributed by atoms with Gasteiger partial charge < -0.3 is 5.11 Å². The summed E-state index contributed by atoms with van der Waals surface area (Å²) in [6, 6.07) is 0. The third-order valence-electron chi connectivity index (χ3n) is 10.8. The molecule has 4 rings (SSSR count). The number of fused-ring (bicyclic) bond motifs is 5. The summed E-state index contributed by atoms with van der Waals surface area (Å²) in [4.78, 5) is 0. The summed E-state index contributed by atoms with van der Waals surface area (Å²) in [5.74, 6) is 5.15. The molecule has 4 aliphatic rings. The van der Waals surface area contributed by atoms with Gasteiger partial charge in [0.25, 0.3) is 0 Å². The minimum Gasteiger partial charge on any atom is -0.393 e. The van der Waals surface area contributed by atoms with Crippen molar-refractivity contribution in [3.05, 3.63) is 23.3 Å². The third kappa shape index (κ3) is 3.66. The van der Waals surface area contributed by atoms with Gasteiger partial charge in [-0.25, -0.2) is 0 Å². The molecule has 0 radical (unpaired) electrons. The second-order valence-electron chi connectivity index (χ2n) is 12.4. The lowest BCUT2D eigenvalue weighted by Gasteiger charge is -2.58. The molecule has 0 heterocycles. The lowest BCUT2D eigenvalue weighted by atomic mass is 9.47. The minimum absolute atomic E-state index is 0.0839. The van der Waals surface area contributed by atoms with E-state index in [2.05, 4.69) is 53.7 Å². The Hall–Kier alpha value is -0.560. The minimum atomic E-state index is -0.0839. The fourth-order valence-corrected chi connectivity index (χ4v) is 8.98. The normalized spacial score (nSPS) is 44.9. The van der Waals surface area contributed by atoms with Crippen molar-refractivity contribution in [2.24, 2.45) is 46.3 Å². The van der Waals surface area contributed by atoms with E-state index in [4.69, 9.17) is 0 Å². The van der Waals surface area contributed by atoms with Crippen LogP contribution in [0.15, 0.2) is 23.3 Å². The van der Waals surface area contributed by atoms with Gasteiger partial charge in [-0.1, -0.05) is 57.9 Å². The molecule has 4 aliphatic carbocycles. The van der Waals surface area contributed by atoms with Gasteiger partial charge in [-0.2, -0.15) is 0 Å². The van der Waals surface area contributed by atoms with Gasteiger partial charge in [0.05, 0.1) is 6.10 Å². The molecule has 3 saturated carbocycles.